The van der Waals surface area contributed by atoms with Gasteiger partial charge in [0.05, 0.1) is 17.1 Å². The molecule has 1 rings (SSSR count). The van der Waals surface area contributed by atoms with Crippen LogP contribution in [-0.4, -0.2) is 36.3 Å². The van der Waals surface area contributed by atoms with Crippen LogP contribution < -0.4 is 5.32 Å². The third-order valence-corrected chi connectivity index (χ3v) is 2.89. The summed E-state index contributed by atoms with van der Waals surface area (Å²) in [6.07, 6.45) is 0. The lowest BCUT2D eigenvalue weighted by Gasteiger charge is -2.18. The molecule has 0 radical (unpaired) electrons. The smallest absolute Gasteiger partial charge is 0.255 e. The normalized spacial score (nSPS) is 10.4. The highest BCUT2D eigenvalue weighted by molar-refractivity contribution is 6.36. The van der Waals surface area contributed by atoms with Gasteiger partial charge in [-0.1, -0.05) is 23.2 Å². The molecule has 1 aromatic rings. The van der Waals surface area contributed by atoms with Gasteiger partial charge in [-0.15, -0.1) is 0 Å². The number of carbonyl (C=O) groups excluding carboxylic acids is 2. The van der Waals surface area contributed by atoms with E-state index in [1.165, 1.54) is 11.0 Å². The first-order valence-corrected chi connectivity index (χ1v) is 6.56. The van der Waals surface area contributed by atoms with Crippen LogP contribution in [0, 0.1) is 0 Å². The zero-order chi connectivity index (χ0) is 14.6. The highest BCUT2D eigenvalue weighted by Crippen LogP contribution is 2.21. The molecular weight excluding hydrogens is 287 g/mol. The SMILES string of the molecule is CC(C)NC(=O)CN(C)C(=O)c1ccc(Cl)cc1Cl. The second-order valence-electron chi connectivity index (χ2n) is 4.51. The summed E-state index contributed by atoms with van der Waals surface area (Å²) in [5, 5.41) is 3.45. The maximum atomic E-state index is 12.1. The van der Waals surface area contributed by atoms with Crippen LogP contribution >= 0.6 is 23.2 Å². The molecule has 0 heterocycles. The predicted molar refractivity (Wildman–Crippen MR) is 76.7 cm³/mol. The second kappa shape index (κ2) is 6.78. The van der Waals surface area contributed by atoms with E-state index in [4.69, 9.17) is 23.2 Å². The van der Waals surface area contributed by atoms with Crippen LogP contribution in [0.4, 0.5) is 0 Å². The number of likely N-dealkylation sites (N-methyl/N-ethyl adjacent to an activating group) is 1. The number of hydrogen-bond donors (Lipinski definition) is 1. The van der Waals surface area contributed by atoms with Gasteiger partial charge in [0.1, 0.15) is 0 Å². The third-order valence-electron chi connectivity index (χ3n) is 2.34. The molecule has 0 spiro atoms. The number of amides is 2. The van der Waals surface area contributed by atoms with Gasteiger partial charge < -0.3 is 10.2 Å². The molecule has 19 heavy (non-hydrogen) atoms. The van der Waals surface area contributed by atoms with E-state index in [2.05, 4.69) is 5.32 Å². The number of halogens is 2. The first-order chi connectivity index (χ1) is 8.81. The van der Waals surface area contributed by atoms with E-state index in [1.807, 2.05) is 13.8 Å². The molecule has 104 valence electrons. The lowest BCUT2D eigenvalue weighted by Crippen LogP contribution is -2.40. The lowest BCUT2D eigenvalue weighted by molar-refractivity contribution is -0.122. The van der Waals surface area contributed by atoms with Gasteiger partial charge in [-0.2, -0.15) is 0 Å². The molecule has 0 aliphatic rings. The van der Waals surface area contributed by atoms with Crippen LogP contribution in [0.15, 0.2) is 18.2 Å². The van der Waals surface area contributed by atoms with Crippen molar-refractivity contribution in [1.29, 1.82) is 0 Å². The molecule has 0 aliphatic carbocycles. The number of nitrogens with zero attached hydrogens (tertiary/aromatic N) is 1. The van der Waals surface area contributed by atoms with Gasteiger partial charge in [0, 0.05) is 18.1 Å². The summed E-state index contributed by atoms with van der Waals surface area (Å²) >= 11 is 11.7. The van der Waals surface area contributed by atoms with Crippen LogP contribution in [0.1, 0.15) is 24.2 Å². The molecule has 6 heteroatoms. The number of nitrogens with one attached hydrogen (secondary N) is 1. The zero-order valence-electron chi connectivity index (χ0n) is 11.0. The monoisotopic (exact) mass is 302 g/mol. The van der Waals surface area contributed by atoms with Crippen molar-refractivity contribution in [3.05, 3.63) is 33.8 Å². The standard InChI is InChI=1S/C13H16Cl2N2O2/c1-8(2)16-12(18)7-17(3)13(19)10-5-4-9(14)6-11(10)15/h4-6,8H,7H2,1-3H3,(H,16,18). The van der Waals surface area contributed by atoms with Crippen LogP contribution in [0.2, 0.25) is 10.0 Å². The molecule has 0 aliphatic heterocycles. The van der Waals surface area contributed by atoms with E-state index in [1.54, 1.807) is 19.2 Å². The van der Waals surface area contributed by atoms with E-state index in [0.717, 1.165) is 0 Å². The fourth-order valence-electron chi connectivity index (χ4n) is 1.52. The van der Waals surface area contributed by atoms with Gasteiger partial charge in [-0.3, -0.25) is 9.59 Å². The van der Waals surface area contributed by atoms with Crippen molar-refractivity contribution >= 4 is 35.0 Å². The zero-order valence-corrected chi connectivity index (χ0v) is 12.5. The summed E-state index contributed by atoms with van der Waals surface area (Å²) in [5.41, 5.74) is 0.325. The molecule has 4 nitrogen and oxygen atoms in total. The summed E-state index contributed by atoms with van der Waals surface area (Å²) in [5.74, 6) is -0.531. The van der Waals surface area contributed by atoms with Gasteiger partial charge in [0.2, 0.25) is 5.91 Å². The Balaban J connectivity index is 2.74. The van der Waals surface area contributed by atoms with Crippen molar-refractivity contribution in [2.24, 2.45) is 0 Å². The second-order valence-corrected chi connectivity index (χ2v) is 5.35. The molecule has 0 atom stereocenters. The molecule has 0 fully saturated rings. The molecule has 1 aromatic carbocycles. The average molecular weight is 303 g/mol. The van der Waals surface area contributed by atoms with Gasteiger partial charge in [0.15, 0.2) is 0 Å². The largest absolute Gasteiger partial charge is 0.352 e. The van der Waals surface area contributed by atoms with Crippen molar-refractivity contribution in [1.82, 2.24) is 10.2 Å². The minimum absolute atomic E-state index is 0.0179. The van der Waals surface area contributed by atoms with E-state index in [-0.39, 0.29) is 29.4 Å². The molecular formula is C13H16Cl2N2O2. The first-order valence-electron chi connectivity index (χ1n) is 5.81. The van der Waals surface area contributed by atoms with Crippen LogP contribution in [0.25, 0.3) is 0 Å². The maximum Gasteiger partial charge on any atom is 0.255 e. The van der Waals surface area contributed by atoms with Crippen molar-refractivity contribution < 1.29 is 9.59 Å². The maximum absolute atomic E-state index is 12.1. The van der Waals surface area contributed by atoms with Crippen molar-refractivity contribution in [2.75, 3.05) is 13.6 Å². The third kappa shape index (κ3) is 4.73. The number of carbonyl (C=O) groups is 2. The number of hydrogen-bond acceptors (Lipinski definition) is 2. The van der Waals surface area contributed by atoms with E-state index in [9.17, 15) is 9.59 Å². The van der Waals surface area contributed by atoms with Crippen LogP contribution in [-0.2, 0) is 4.79 Å². The Morgan fingerprint density at radius 2 is 1.95 bits per heavy atom. The quantitative estimate of drug-likeness (QED) is 0.929. The fraction of sp³-hybridized carbons (Fsp3) is 0.385. The van der Waals surface area contributed by atoms with E-state index in [0.29, 0.717) is 10.6 Å². The van der Waals surface area contributed by atoms with Crippen molar-refractivity contribution in [3.8, 4) is 0 Å². The van der Waals surface area contributed by atoms with Crippen LogP contribution in [0.5, 0.6) is 0 Å². The minimum Gasteiger partial charge on any atom is -0.352 e. The molecule has 0 aromatic heterocycles. The predicted octanol–water partition coefficient (Wildman–Crippen LogP) is 2.59. The Morgan fingerprint density at radius 3 is 2.47 bits per heavy atom. The summed E-state index contributed by atoms with van der Waals surface area (Å²) < 4.78 is 0. The topological polar surface area (TPSA) is 49.4 Å². The fourth-order valence-corrected chi connectivity index (χ4v) is 2.01. The summed E-state index contributed by atoms with van der Waals surface area (Å²) in [6.45, 7) is 3.70. The molecule has 1 N–H and O–H groups in total. The Morgan fingerprint density at radius 1 is 1.32 bits per heavy atom. The van der Waals surface area contributed by atoms with Gasteiger partial charge >= 0.3 is 0 Å². The number of benzene rings is 1. The van der Waals surface area contributed by atoms with E-state index >= 15 is 0 Å². The Hall–Kier alpha value is -1.26. The molecule has 0 saturated heterocycles. The number of rotatable bonds is 4. The molecule has 0 bridgehead atoms. The Bertz CT molecular complexity index is 490. The summed E-state index contributed by atoms with van der Waals surface area (Å²) in [6, 6.07) is 4.67. The highest BCUT2D eigenvalue weighted by atomic mass is 35.5. The van der Waals surface area contributed by atoms with E-state index < -0.39 is 0 Å². The van der Waals surface area contributed by atoms with Gasteiger partial charge in [-0.25, -0.2) is 0 Å². The first kappa shape index (κ1) is 15.8. The Labute approximate surface area is 122 Å². The summed E-state index contributed by atoms with van der Waals surface area (Å²) in [7, 11) is 1.55. The average Bonchev–Trinajstić information content (AvgIpc) is 2.26. The highest BCUT2D eigenvalue weighted by Gasteiger charge is 2.17. The molecule has 0 unspecified atom stereocenters. The van der Waals surface area contributed by atoms with Gasteiger partial charge in [-0.05, 0) is 32.0 Å². The molecule has 2 amide bonds. The molecule has 0 saturated carbocycles. The van der Waals surface area contributed by atoms with Crippen LogP contribution in [0.3, 0.4) is 0 Å². The summed E-state index contributed by atoms with van der Waals surface area (Å²) in [4.78, 5) is 25.0. The van der Waals surface area contributed by atoms with Crippen molar-refractivity contribution in [2.45, 2.75) is 19.9 Å². The Kier molecular flexibility index (Phi) is 5.63. The lowest BCUT2D eigenvalue weighted by atomic mass is 10.2. The van der Waals surface area contributed by atoms with Gasteiger partial charge in [0.25, 0.3) is 5.91 Å². The minimum atomic E-state index is -0.319. The van der Waals surface area contributed by atoms with Crippen molar-refractivity contribution in [3.63, 3.8) is 0 Å².